The fourth-order valence-corrected chi connectivity index (χ4v) is 2.57. The van der Waals surface area contributed by atoms with E-state index in [1.165, 1.54) is 33.1 Å². The molecule has 1 aliphatic rings. The van der Waals surface area contributed by atoms with Gasteiger partial charge in [-0.3, -0.25) is 0 Å². The van der Waals surface area contributed by atoms with Crippen LogP contribution in [0.1, 0.15) is 33.1 Å². The average molecular weight is 298 g/mol. The van der Waals surface area contributed by atoms with E-state index in [0.717, 1.165) is 18.8 Å². The lowest BCUT2D eigenvalue weighted by molar-refractivity contribution is -0.152. The van der Waals surface area contributed by atoms with Gasteiger partial charge >= 0.3 is 5.97 Å². The molecule has 5 heteroatoms. The number of hydrogen-bond donors (Lipinski definition) is 1. The van der Waals surface area contributed by atoms with E-state index >= 15 is 0 Å². The molecule has 1 fully saturated rings. The number of aliphatic carboxylic acids is 1. The summed E-state index contributed by atoms with van der Waals surface area (Å²) in [5, 5.41) is 9.67. The van der Waals surface area contributed by atoms with Gasteiger partial charge < -0.3 is 14.7 Å². The third-order valence-corrected chi connectivity index (χ3v) is 3.81. The molecule has 1 aromatic rings. The minimum absolute atomic E-state index is 0.475. The van der Waals surface area contributed by atoms with E-state index in [1.807, 2.05) is 6.07 Å². The molecule has 1 aliphatic heterocycles. The lowest BCUT2D eigenvalue weighted by Gasteiger charge is -2.30. The molecule has 0 atom stereocenters. The van der Waals surface area contributed by atoms with Crippen LogP contribution >= 0.6 is 11.6 Å². The molecule has 0 radical (unpaired) electrons. The minimum atomic E-state index is -1.27. The van der Waals surface area contributed by atoms with Crippen molar-refractivity contribution >= 4 is 23.3 Å². The van der Waals surface area contributed by atoms with E-state index in [1.54, 1.807) is 12.1 Å². The van der Waals surface area contributed by atoms with Crippen LogP contribution in [0.2, 0.25) is 5.02 Å². The lowest BCUT2D eigenvalue weighted by Crippen LogP contribution is -2.37. The molecule has 1 heterocycles. The molecule has 110 valence electrons. The normalized spacial score (nSPS) is 16.1. The van der Waals surface area contributed by atoms with Gasteiger partial charge in [0.05, 0.1) is 10.7 Å². The molecular weight excluding hydrogens is 278 g/mol. The minimum Gasteiger partial charge on any atom is -0.478 e. The number of carboxylic acid groups (broad SMARTS) is 1. The number of benzene rings is 1. The highest BCUT2D eigenvalue weighted by molar-refractivity contribution is 6.33. The van der Waals surface area contributed by atoms with Crippen molar-refractivity contribution in [3.05, 3.63) is 23.2 Å². The van der Waals surface area contributed by atoms with Crippen LogP contribution in [0, 0.1) is 0 Å². The number of nitrogens with zero attached hydrogens (tertiary/aromatic N) is 1. The molecule has 1 saturated heterocycles. The number of anilines is 1. The first-order chi connectivity index (χ1) is 9.40. The second kappa shape index (κ2) is 5.92. The summed E-state index contributed by atoms with van der Waals surface area (Å²) in [6.07, 6.45) is 3.63. The summed E-state index contributed by atoms with van der Waals surface area (Å²) < 4.78 is 5.48. The van der Waals surface area contributed by atoms with E-state index in [-0.39, 0.29) is 0 Å². The van der Waals surface area contributed by atoms with Gasteiger partial charge in [-0.2, -0.15) is 0 Å². The molecule has 2 rings (SSSR count). The van der Waals surface area contributed by atoms with E-state index in [2.05, 4.69) is 4.90 Å². The molecular formula is C15H20ClNO3. The monoisotopic (exact) mass is 297 g/mol. The Morgan fingerprint density at radius 3 is 2.50 bits per heavy atom. The third kappa shape index (κ3) is 3.37. The highest BCUT2D eigenvalue weighted by atomic mass is 35.5. The molecule has 0 amide bonds. The van der Waals surface area contributed by atoms with Crippen LogP contribution in [0.25, 0.3) is 0 Å². The van der Waals surface area contributed by atoms with Gasteiger partial charge in [0.25, 0.3) is 0 Å². The number of ether oxygens (including phenoxy) is 1. The van der Waals surface area contributed by atoms with Gasteiger partial charge in [0.15, 0.2) is 5.60 Å². The summed E-state index contributed by atoms with van der Waals surface area (Å²) in [6.45, 7) is 5.06. The number of carbonyl (C=O) groups is 1. The van der Waals surface area contributed by atoms with Crippen molar-refractivity contribution in [1.29, 1.82) is 0 Å². The Balaban J connectivity index is 2.15. The molecule has 0 saturated carbocycles. The van der Waals surface area contributed by atoms with Crippen molar-refractivity contribution in [1.82, 2.24) is 0 Å². The summed E-state index contributed by atoms with van der Waals surface area (Å²) in [6, 6.07) is 5.37. The molecule has 0 spiro atoms. The van der Waals surface area contributed by atoms with Crippen molar-refractivity contribution in [2.75, 3.05) is 18.0 Å². The van der Waals surface area contributed by atoms with Crippen LogP contribution in [0.5, 0.6) is 5.75 Å². The van der Waals surface area contributed by atoms with Crippen molar-refractivity contribution in [2.24, 2.45) is 0 Å². The standard InChI is InChI=1S/C15H20ClNO3/c1-15(2,14(18)19)20-11-6-7-13(12(16)10-11)17-8-4-3-5-9-17/h6-7,10H,3-5,8-9H2,1-2H3,(H,18,19). The van der Waals surface area contributed by atoms with Crippen molar-refractivity contribution in [3.8, 4) is 5.75 Å². The van der Waals surface area contributed by atoms with Gasteiger partial charge in [-0.05, 0) is 45.2 Å². The van der Waals surface area contributed by atoms with Gasteiger partial charge in [0, 0.05) is 19.2 Å². The quantitative estimate of drug-likeness (QED) is 0.923. The first-order valence-corrected chi connectivity index (χ1v) is 7.25. The molecule has 1 aromatic carbocycles. The van der Waals surface area contributed by atoms with Crippen LogP contribution in [-0.2, 0) is 4.79 Å². The zero-order valence-electron chi connectivity index (χ0n) is 11.9. The van der Waals surface area contributed by atoms with Crippen LogP contribution in [0.4, 0.5) is 5.69 Å². The van der Waals surface area contributed by atoms with Gasteiger partial charge in [-0.15, -0.1) is 0 Å². The molecule has 0 aromatic heterocycles. The zero-order chi connectivity index (χ0) is 14.8. The molecule has 0 aliphatic carbocycles. The van der Waals surface area contributed by atoms with Gasteiger partial charge in [-0.1, -0.05) is 11.6 Å². The van der Waals surface area contributed by atoms with Crippen LogP contribution < -0.4 is 9.64 Å². The SMILES string of the molecule is CC(C)(Oc1ccc(N2CCCCC2)c(Cl)c1)C(=O)O. The summed E-state index contributed by atoms with van der Waals surface area (Å²) in [7, 11) is 0. The Morgan fingerprint density at radius 1 is 1.30 bits per heavy atom. The molecule has 20 heavy (non-hydrogen) atoms. The van der Waals surface area contributed by atoms with Crippen LogP contribution in [0.15, 0.2) is 18.2 Å². The van der Waals surface area contributed by atoms with E-state index < -0.39 is 11.6 Å². The molecule has 0 unspecified atom stereocenters. The summed E-state index contributed by atoms with van der Waals surface area (Å²) >= 11 is 6.30. The lowest BCUT2D eigenvalue weighted by atomic mass is 10.1. The van der Waals surface area contributed by atoms with Gasteiger partial charge in [-0.25, -0.2) is 4.79 Å². The number of halogens is 1. The average Bonchev–Trinajstić information content (AvgIpc) is 2.39. The Bertz CT molecular complexity index is 496. The fraction of sp³-hybridized carbons (Fsp3) is 0.533. The number of rotatable bonds is 4. The van der Waals surface area contributed by atoms with Gasteiger partial charge in [0.2, 0.25) is 0 Å². The first-order valence-electron chi connectivity index (χ1n) is 6.87. The Labute approximate surface area is 124 Å². The predicted molar refractivity (Wildman–Crippen MR) is 79.9 cm³/mol. The summed E-state index contributed by atoms with van der Waals surface area (Å²) in [5.74, 6) is -0.531. The smallest absolute Gasteiger partial charge is 0.347 e. The maximum Gasteiger partial charge on any atom is 0.347 e. The first kappa shape index (κ1) is 15.0. The van der Waals surface area contributed by atoms with E-state index in [9.17, 15) is 4.79 Å². The Kier molecular flexibility index (Phi) is 4.43. The summed E-state index contributed by atoms with van der Waals surface area (Å²) in [5.41, 5.74) is -0.275. The Morgan fingerprint density at radius 2 is 1.95 bits per heavy atom. The molecule has 1 N–H and O–H groups in total. The fourth-order valence-electron chi connectivity index (χ4n) is 2.28. The Hall–Kier alpha value is -1.42. The number of piperidine rings is 1. The predicted octanol–water partition coefficient (Wildman–Crippen LogP) is 3.57. The largest absolute Gasteiger partial charge is 0.478 e. The highest BCUT2D eigenvalue weighted by Crippen LogP contribution is 2.32. The molecule has 4 nitrogen and oxygen atoms in total. The van der Waals surface area contributed by atoms with Crippen molar-refractivity contribution in [3.63, 3.8) is 0 Å². The highest BCUT2D eigenvalue weighted by Gasteiger charge is 2.29. The van der Waals surface area contributed by atoms with Gasteiger partial charge in [0.1, 0.15) is 5.75 Å². The van der Waals surface area contributed by atoms with Crippen LogP contribution in [0.3, 0.4) is 0 Å². The van der Waals surface area contributed by atoms with Crippen molar-refractivity contribution in [2.45, 2.75) is 38.7 Å². The van der Waals surface area contributed by atoms with E-state index in [0.29, 0.717) is 10.8 Å². The number of carboxylic acids is 1. The maximum atomic E-state index is 11.1. The molecule has 0 bridgehead atoms. The second-order valence-corrected chi connectivity index (χ2v) is 5.99. The van der Waals surface area contributed by atoms with Crippen molar-refractivity contribution < 1.29 is 14.6 Å². The topological polar surface area (TPSA) is 49.8 Å². The summed E-state index contributed by atoms with van der Waals surface area (Å²) in [4.78, 5) is 13.3. The maximum absolute atomic E-state index is 11.1. The van der Waals surface area contributed by atoms with E-state index in [4.69, 9.17) is 21.4 Å². The zero-order valence-corrected chi connectivity index (χ0v) is 12.6. The third-order valence-electron chi connectivity index (χ3n) is 3.50. The second-order valence-electron chi connectivity index (χ2n) is 5.58. The van der Waals surface area contributed by atoms with Crippen LogP contribution in [-0.4, -0.2) is 29.8 Å². The number of hydrogen-bond acceptors (Lipinski definition) is 3.